The topological polar surface area (TPSA) is 45.6 Å². The molecule has 0 bridgehead atoms. The van der Waals surface area contributed by atoms with Crippen LogP contribution in [0.25, 0.3) is 32.9 Å². The SMILES string of the molecule is Fc1ccc2c(-c3ccc4nn(CC5CCNCC5)cc4c3)c[nH]c2c1. The number of aromatic nitrogens is 3. The van der Waals surface area contributed by atoms with Crippen molar-refractivity contribution in [2.45, 2.75) is 19.4 Å². The Morgan fingerprint density at radius 3 is 2.88 bits per heavy atom. The number of fused-ring (bicyclic) bond motifs is 2. The lowest BCUT2D eigenvalue weighted by Crippen LogP contribution is -2.29. The third-order valence-electron chi connectivity index (χ3n) is 5.41. The maximum absolute atomic E-state index is 13.4. The van der Waals surface area contributed by atoms with Gasteiger partial charge in [0.15, 0.2) is 0 Å². The molecule has 1 aliphatic rings. The Morgan fingerprint density at radius 1 is 1.12 bits per heavy atom. The Hall–Kier alpha value is -2.66. The second-order valence-corrected chi connectivity index (χ2v) is 7.21. The summed E-state index contributed by atoms with van der Waals surface area (Å²) in [6, 6.07) is 11.2. The van der Waals surface area contributed by atoms with Gasteiger partial charge in [0.1, 0.15) is 5.82 Å². The minimum Gasteiger partial charge on any atom is -0.360 e. The number of benzene rings is 2. The maximum Gasteiger partial charge on any atom is 0.125 e. The number of hydrogen-bond donors (Lipinski definition) is 2. The van der Waals surface area contributed by atoms with Crippen LogP contribution in [0.15, 0.2) is 48.8 Å². The lowest BCUT2D eigenvalue weighted by Gasteiger charge is -2.22. The van der Waals surface area contributed by atoms with E-state index < -0.39 is 0 Å². The van der Waals surface area contributed by atoms with E-state index in [-0.39, 0.29) is 5.82 Å². The summed E-state index contributed by atoms with van der Waals surface area (Å²) in [5.74, 6) is 0.481. The average Bonchev–Trinajstić information content (AvgIpc) is 3.24. The van der Waals surface area contributed by atoms with E-state index in [1.807, 2.05) is 12.3 Å². The first-order valence-corrected chi connectivity index (χ1v) is 9.21. The zero-order valence-corrected chi connectivity index (χ0v) is 14.5. The number of rotatable bonds is 3. The molecule has 1 aliphatic heterocycles. The van der Waals surface area contributed by atoms with Crippen molar-refractivity contribution in [3.05, 3.63) is 54.6 Å². The van der Waals surface area contributed by atoms with Gasteiger partial charge in [-0.1, -0.05) is 6.07 Å². The maximum atomic E-state index is 13.4. The third kappa shape index (κ3) is 2.78. The molecule has 3 heterocycles. The number of halogens is 1. The average molecular weight is 348 g/mol. The van der Waals surface area contributed by atoms with Gasteiger partial charge in [-0.2, -0.15) is 5.10 Å². The van der Waals surface area contributed by atoms with E-state index in [4.69, 9.17) is 5.10 Å². The van der Waals surface area contributed by atoms with Crippen molar-refractivity contribution in [1.29, 1.82) is 0 Å². The van der Waals surface area contributed by atoms with Gasteiger partial charge >= 0.3 is 0 Å². The molecule has 0 spiro atoms. The summed E-state index contributed by atoms with van der Waals surface area (Å²) >= 11 is 0. The van der Waals surface area contributed by atoms with Gasteiger partial charge in [-0.3, -0.25) is 4.68 Å². The first-order chi connectivity index (χ1) is 12.8. The Kier molecular flexibility index (Phi) is 3.75. The van der Waals surface area contributed by atoms with Crippen LogP contribution in [0, 0.1) is 11.7 Å². The molecule has 0 amide bonds. The number of aromatic amines is 1. The van der Waals surface area contributed by atoms with Gasteiger partial charge in [0.05, 0.1) is 5.52 Å². The van der Waals surface area contributed by atoms with Crippen LogP contribution >= 0.6 is 0 Å². The van der Waals surface area contributed by atoms with Crippen molar-refractivity contribution in [2.75, 3.05) is 13.1 Å². The molecule has 0 saturated carbocycles. The summed E-state index contributed by atoms with van der Waals surface area (Å²) in [6.45, 7) is 3.20. The quantitative estimate of drug-likeness (QED) is 0.579. The summed E-state index contributed by atoms with van der Waals surface area (Å²) < 4.78 is 15.5. The van der Waals surface area contributed by atoms with E-state index in [9.17, 15) is 4.39 Å². The van der Waals surface area contributed by atoms with Crippen LogP contribution in [0.2, 0.25) is 0 Å². The molecule has 2 N–H and O–H groups in total. The molecule has 0 aliphatic carbocycles. The van der Waals surface area contributed by atoms with Crippen molar-refractivity contribution in [2.24, 2.45) is 5.92 Å². The van der Waals surface area contributed by atoms with Gasteiger partial charge in [-0.15, -0.1) is 0 Å². The highest BCUT2D eigenvalue weighted by molar-refractivity contribution is 5.97. The van der Waals surface area contributed by atoms with Crippen LogP contribution in [0.1, 0.15) is 12.8 Å². The molecule has 26 heavy (non-hydrogen) atoms. The van der Waals surface area contributed by atoms with Crippen LogP contribution in [0.3, 0.4) is 0 Å². The second-order valence-electron chi connectivity index (χ2n) is 7.21. The number of piperidine rings is 1. The van der Waals surface area contributed by atoms with E-state index in [1.165, 1.54) is 25.0 Å². The Morgan fingerprint density at radius 2 is 2.00 bits per heavy atom. The molecule has 1 saturated heterocycles. The molecule has 0 atom stereocenters. The molecule has 4 aromatic rings. The van der Waals surface area contributed by atoms with Crippen molar-refractivity contribution < 1.29 is 4.39 Å². The molecule has 5 heteroatoms. The first kappa shape index (κ1) is 15.6. The highest BCUT2D eigenvalue weighted by Crippen LogP contribution is 2.31. The molecule has 2 aromatic heterocycles. The normalized spacial score (nSPS) is 15.9. The fraction of sp³-hybridized carbons (Fsp3) is 0.286. The second kappa shape index (κ2) is 6.25. The highest BCUT2D eigenvalue weighted by atomic mass is 19.1. The standard InChI is InChI=1S/C21H21FN4/c22-17-2-3-18-19(11-24-21(18)10-17)15-1-4-20-16(9-15)13-26(25-20)12-14-5-7-23-8-6-14/h1-4,9-11,13-14,23-24H,5-8,12H2. The van der Waals surface area contributed by atoms with Gasteiger partial charge in [-0.05, 0) is 67.7 Å². The van der Waals surface area contributed by atoms with Gasteiger partial charge < -0.3 is 10.3 Å². The summed E-state index contributed by atoms with van der Waals surface area (Å²) in [5, 5.41) is 10.3. The van der Waals surface area contributed by atoms with Crippen LogP contribution in [0.4, 0.5) is 4.39 Å². The van der Waals surface area contributed by atoms with Crippen molar-refractivity contribution >= 4 is 21.8 Å². The number of nitrogens with zero attached hydrogens (tertiary/aromatic N) is 2. The zero-order valence-electron chi connectivity index (χ0n) is 14.5. The predicted molar refractivity (Wildman–Crippen MR) is 103 cm³/mol. The molecule has 5 rings (SSSR count). The van der Waals surface area contributed by atoms with Gasteiger partial charge in [0.25, 0.3) is 0 Å². The largest absolute Gasteiger partial charge is 0.360 e. The van der Waals surface area contributed by atoms with Crippen molar-refractivity contribution in [1.82, 2.24) is 20.1 Å². The molecule has 4 nitrogen and oxygen atoms in total. The van der Waals surface area contributed by atoms with E-state index in [2.05, 4.69) is 39.4 Å². The summed E-state index contributed by atoms with van der Waals surface area (Å²) in [7, 11) is 0. The molecular formula is C21H21FN4. The summed E-state index contributed by atoms with van der Waals surface area (Å²) in [4.78, 5) is 3.17. The smallest absolute Gasteiger partial charge is 0.125 e. The fourth-order valence-electron chi connectivity index (χ4n) is 4.00. The molecule has 132 valence electrons. The number of nitrogens with one attached hydrogen (secondary N) is 2. The molecule has 1 fully saturated rings. The Bertz CT molecular complexity index is 1070. The van der Waals surface area contributed by atoms with E-state index in [1.54, 1.807) is 0 Å². The zero-order chi connectivity index (χ0) is 17.5. The van der Waals surface area contributed by atoms with Crippen LogP contribution in [-0.2, 0) is 6.54 Å². The minimum absolute atomic E-state index is 0.222. The van der Waals surface area contributed by atoms with Crippen molar-refractivity contribution in [3.63, 3.8) is 0 Å². The lowest BCUT2D eigenvalue weighted by molar-refractivity contribution is 0.322. The van der Waals surface area contributed by atoms with Crippen LogP contribution < -0.4 is 5.32 Å². The van der Waals surface area contributed by atoms with Gasteiger partial charge in [-0.25, -0.2) is 4.39 Å². The Balaban J connectivity index is 1.49. The molecular weight excluding hydrogens is 327 g/mol. The van der Waals surface area contributed by atoms with Gasteiger partial charge in [0, 0.05) is 40.8 Å². The number of hydrogen-bond acceptors (Lipinski definition) is 2. The first-order valence-electron chi connectivity index (χ1n) is 9.21. The Labute approximate surface area is 151 Å². The van der Waals surface area contributed by atoms with E-state index in [0.717, 1.165) is 52.6 Å². The molecule has 0 unspecified atom stereocenters. The predicted octanol–water partition coefficient (Wildman–Crippen LogP) is 4.32. The van der Waals surface area contributed by atoms with Crippen LogP contribution in [-0.4, -0.2) is 27.9 Å². The fourth-order valence-corrected chi connectivity index (χ4v) is 4.00. The summed E-state index contributed by atoms with van der Waals surface area (Å²) in [5.41, 5.74) is 4.06. The molecule has 2 aromatic carbocycles. The van der Waals surface area contributed by atoms with E-state index >= 15 is 0 Å². The minimum atomic E-state index is -0.222. The van der Waals surface area contributed by atoms with Crippen molar-refractivity contribution in [3.8, 4) is 11.1 Å². The lowest BCUT2D eigenvalue weighted by atomic mass is 9.98. The summed E-state index contributed by atoms with van der Waals surface area (Å²) in [6.07, 6.45) is 6.53. The van der Waals surface area contributed by atoms with Crippen LogP contribution in [0.5, 0.6) is 0 Å². The van der Waals surface area contributed by atoms with Gasteiger partial charge in [0.2, 0.25) is 0 Å². The highest BCUT2D eigenvalue weighted by Gasteiger charge is 2.15. The monoisotopic (exact) mass is 348 g/mol. The van der Waals surface area contributed by atoms with E-state index in [0.29, 0.717) is 5.92 Å². The molecule has 0 radical (unpaired) electrons. The third-order valence-corrected chi connectivity index (χ3v) is 5.41. The number of H-pyrrole nitrogens is 1.